The van der Waals surface area contributed by atoms with E-state index >= 15 is 0 Å². The molecule has 0 aliphatic carbocycles. The van der Waals surface area contributed by atoms with Gasteiger partial charge in [0.15, 0.2) is 12.2 Å². The Hall–Kier alpha value is -3.45. The number of halogens is 6. The maximum absolute atomic E-state index is 12.8. The van der Waals surface area contributed by atoms with Crippen molar-refractivity contribution >= 4 is 10.1 Å². The number of alkyl halides is 6. The molecule has 1 unspecified atom stereocenters. The van der Waals surface area contributed by atoms with Crippen molar-refractivity contribution in [2.24, 2.45) is 0 Å². The summed E-state index contributed by atoms with van der Waals surface area (Å²) < 4.78 is 120. The average molecular weight is 532 g/mol. The second-order valence-corrected chi connectivity index (χ2v) is 9.47. The van der Waals surface area contributed by atoms with Crippen molar-refractivity contribution in [1.82, 2.24) is 0 Å². The van der Waals surface area contributed by atoms with Crippen LogP contribution in [0.3, 0.4) is 0 Å². The summed E-state index contributed by atoms with van der Waals surface area (Å²) in [5.41, 5.74) is -4.76. The second-order valence-electron chi connectivity index (χ2n) is 7.93. The topological polar surface area (TPSA) is 71.1 Å². The number of rotatable bonds is 4. The molecule has 0 bridgehead atoms. The van der Waals surface area contributed by atoms with Gasteiger partial charge in [-0.15, -0.1) is 0 Å². The molecule has 0 saturated carbocycles. The fraction of sp³-hybridized carbons (Fsp3) is 0.217. The van der Waals surface area contributed by atoms with Crippen LogP contribution in [0.4, 0.5) is 26.3 Å². The summed E-state index contributed by atoms with van der Waals surface area (Å²) in [7, 11) is -5.96. The fourth-order valence-electron chi connectivity index (χ4n) is 4.20. The number of hydrogen-bond acceptors (Lipinski definition) is 6. The average Bonchev–Trinajstić information content (AvgIpc) is 3.16. The van der Waals surface area contributed by atoms with E-state index in [-0.39, 0.29) is 23.9 Å². The Labute approximate surface area is 200 Å². The summed E-state index contributed by atoms with van der Waals surface area (Å²) >= 11 is 0. The molecule has 2 aliphatic heterocycles. The maximum atomic E-state index is 12.8. The van der Waals surface area contributed by atoms with Crippen LogP contribution >= 0.6 is 0 Å². The maximum Gasteiger partial charge on any atom is 0.534 e. The molecule has 0 saturated heterocycles. The number of benzene rings is 3. The molecule has 13 heteroatoms. The van der Waals surface area contributed by atoms with Gasteiger partial charge in [-0.3, -0.25) is 0 Å². The van der Waals surface area contributed by atoms with E-state index in [4.69, 9.17) is 14.2 Å². The van der Waals surface area contributed by atoms with Gasteiger partial charge < -0.3 is 18.4 Å². The van der Waals surface area contributed by atoms with Crippen molar-refractivity contribution in [1.29, 1.82) is 0 Å². The minimum atomic E-state index is -5.96. The highest BCUT2D eigenvalue weighted by Crippen LogP contribution is 2.57. The Bertz CT molecular complexity index is 1450. The molecule has 0 fully saturated rings. The monoisotopic (exact) mass is 532 g/mol. The van der Waals surface area contributed by atoms with Crippen LogP contribution < -0.4 is 13.7 Å². The smallest absolute Gasteiger partial charge is 0.484 e. The number of fused-ring (bicyclic) bond motifs is 6. The van der Waals surface area contributed by atoms with E-state index in [1.807, 2.05) is 6.07 Å². The SMILES string of the molecule is O=S(=O)(Oc1ccc2c(c1)Oc1cc(OCC(F)(F)F)ccc1C21OCc2ccccc21)C(F)(F)F. The molecule has 0 aromatic heterocycles. The summed E-state index contributed by atoms with van der Waals surface area (Å²) in [5, 5.41) is 0. The third kappa shape index (κ3) is 4.01. The zero-order valence-electron chi connectivity index (χ0n) is 17.8. The van der Waals surface area contributed by atoms with Crippen LogP contribution in [0.1, 0.15) is 22.3 Å². The first kappa shape index (κ1) is 24.3. The predicted octanol–water partition coefficient (Wildman–Crippen LogP) is 5.78. The molecule has 1 spiro atoms. The van der Waals surface area contributed by atoms with Gasteiger partial charge in [-0.2, -0.15) is 34.8 Å². The van der Waals surface area contributed by atoms with E-state index in [0.717, 1.165) is 17.7 Å². The minimum Gasteiger partial charge on any atom is -0.484 e. The first-order chi connectivity index (χ1) is 16.8. The summed E-state index contributed by atoms with van der Waals surface area (Å²) in [6.45, 7) is -1.40. The van der Waals surface area contributed by atoms with Crippen molar-refractivity contribution in [2.75, 3.05) is 6.61 Å². The third-order valence-electron chi connectivity index (χ3n) is 5.62. The van der Waals surface area contributed by atoms with Crippen LogP contribution in [-0.4, -0.2) is 26.7 Å². The van der Waals surface area contributed by atoms with E-state index in [1.54, 1.807) is 18.2 Å². The van der Waals surface area contributed by atoms with Crippen molar-refractivity contribution in [3.8, 4) is 23.0 Å². The van der Waals surface area contributed by atoms with Gasteiger partial charge >= 0.3 is 21.8 Å². The van der Waals surface area contributed by atoms with E-state index < -0.39 is 39.8 Å². The summed E-state index contributed by atoms with van der Waals surface area (Å²) in [4.78, 5) is 0. The van der Waals surface area contributed by atoms with Crippen molar-refractivity contribution in [2.45, 2.75) is 23.9 Å². The quantitative estimate of drug-likeness (QED) is 0.241. The third-order valence-corrected chi connectivity index (χ3v) is 6.60. The molecule has 3 aromatic rings. The summed E-state index contributed by atoms with van der Waals surface area (Å²) in [6.07, 6.45) is -4.59. The lowest BCUT2D eigenvalue weighted by molar-refractivity contribution is -0.153. The standard InChI is InChI=1S/C23H14F6O6S/c24-21(25,26)12-32-14-5-7-17-19(9-14)34-20-10-15(35-36(30,31)23(27,28)29)6-8-18(20)22(17)16-4-2-1-3-13(16)11-33-22/h1-10H,11-12H2. The largest absolute Gasteiger partial charge is 0.534 e. The summed E-state index contributed by atoms with van der Waals surface area (Å²) in [5.74, 6) is -0.958. The first-order valence-corrected chi connectivity index (χ1v) is 11.6. The van der Waals surface area contributed by atoms with Crippen molar-refractivity contribution in [3.05, 3.63) is 82.9 Å². The Kier molecular flexibility index (Phi) is 5.41. The molecule has 3 aromatic carbocycles. The molecule has 36 heavy (non-hydrogen) atoms. The highest BCUT2D eigenvalue weighted by Gasteiger charge is 2.51. The van der Waals surface area contributed by atoms with Gasteiger partial charge in [-0.05, 0) is 35.4 Å². The van der Waals surface area contributed by atoms with Crippen molar-refractivity contribution < 1.29 is 53.2 Å². The normalized spacial score (nSPS) is 18.7. The molecule has 5 rings (SSSR count). The van der Waals surface area contributed by atoms with Gasteiger partial charge in [0.25, 0.3) is 0 Å². The van der Waals surface area contributed by atoms with E-state index in [9.17, 15) is 34.8 Å². The zero-order chi connectivity index (χ0) is 25.9. The molecule has 0 N–H and O–H groups in total. The lowest BCUT2D eigenvalue weighted by atomic mass is 9.77. The van der Waals surface area contributed by atoms with Crippen LogP contribution in [0.15, 0.2) is 60.7 Å². The number of hydrogen-bond donors (Lipinski definition) is 0. The Morgan fingerprint density at radius 2 is 1.44 bits per heavy atom. The molecule has 1 atom stereocenters. The van der Waals surface area contributed by atoms with Crippen LogP contribution in [0.2, 0.25) is 0 Å². The molecule has 0 amide bonds. The molecular formula is C23H14F6O6S. The first-order valence-electron chi connectivity index (χ1n) is 10.2. The highest BCUT2D eigenvalue weighted by molar-refractivity contribution is 7.88. The zero-order valence-corrected chi connectivity index (χ0v) is 18.6. The highest BCUT2D eigenvalue weighted by atomic mass is 32.2. The van der Waals surface area contributed by atoms with Gasteiger partial charge in [-0.1, -0.05) is 24.3 Å². The van der Waals surface area contributed by atoms with Crippen molar-refractivity contribution in [3.63, 3.8) is 0 Å². The van der Waals surface area contributed by atoms with Gasteiger partial charge in [0, 0.05) is 23.3 Å². The minimum absolute atomic E-state index is 0.00899. The molecule has 2 heterocycles. The lowest BCUT2D eigenvalue weighted by Gasteiger charge is -2.37. The Balaban J connectivity index is 1.63. The molecule has 190 valence electrons. The summed E-state index contributed by atoms with van der Waals surface area (Å²) in [6, 6.07) is 14.4. The van der Waals surface area contributed by atoms with E-state index in [2.05, 4.69) is 4.18 Å². The van der Waals surface area contributed by atoms with Crippen LogP contribution in [0.5, 0.6) is 23.0 Å². The van der Waals surface area contributed by atoms with Gasteiger partial charge in [0.2, 0.25) is 0 Å². The molecular weight excluding hydrogens is 518 g/mol. The molecule has 2 aliphatic rings. The molecule has 6 nitrogen and oxygen atoms in total. The van der Waals surface area contributed by atoms with E-state index in [0.29, 0.717) is 16.7 Å². The fourth-order valence-corrected chi connectivity index (χ4v) is 4.65. The van der Waals surface area contributed by atoms with E-state index in [1.165, 1.54) is 24.3 Å². The van der Waals surface area contributed by atoms with Gasteiger partial charge in [0.05, 0.1) is 6.61 Å². The Morgan fingerprint density at radius 1 is 0.833 bits per heavy atom. The van der Waals surface area contributed by atoms with Gasteiger partial charge in [0.1, 0.15) is 23.0 Å². The molecule has 0 radical (unpaired) electrons. The predicted molar refractivity (Wildman–Crippen MR) is 111 cm³/mol. The van der Waals surface area contributed by atoms with Crippen LogP contribution in [0, 0.1) is 0 Å². The van der Waals surface area contributed by atoms with Crippen LogP contribution in [-0.2, 0) is 27.1 Å². The second kappa shape index (κ2) is 8.03. The van der Waals surface area contributed by atoms with Gasteiger partial charge in [-0.25, -0.2) is 0 Å². The van der Waals surface area contributed by atoms with Crippen LogP contribution in [0.25, 0.3) is 0 Å². The Morgan fingerprint density at radius 3 is 2.08 bits per heavy atom. The lowest BCUT2D eigenvalue weighted by Crippen LogP contribution is -2.32. The number of ether oxygens (including phenoxy) is 3.